The largest absolute Gasteiger partial charge is 0.228 e. The fourth-order valence-electron chi connectivity index (χ4n) is 7.36. The highest BCUT2D eigenvalue weighted by Crippen LogP contribution is 2.42. The molecule has 0 saturated carbocycles. The van der Waals surface area contributed by atoms with Crippen LogP contribution in [0.4, 0.5) is 0 Å². The van der Waals surface area contributed by atoms with Gasteiger partial charge in [0.05, 0.1) is 11.4 Å². The van der Waals surface area contributed by atoms with E-state index in [1.54, 1.807) is 0 Å². The van der Waals surface area contributed by atoms with Crippen LogP contribution >= 0.6 is 11.3 Å². The molecule has 0 unspecified atom stereocenters. The number of rotatable bonds is 4. The molecule has 0 aliphatic heterocycles. The van der Waals surface area contributed by atoms with Crippen molar-refractivity contribution in [3.63, 3.8) is 0 Å². The van der Waals surface area contributed by atoms with Gasteiger partial charge in [-0.05, 0) is 67.7 Å². The summed E-state index contributed by atoms with van der Waals surface area (Å²) in [6, 6.07) is 60.8. The third-order valence-corrected chi connectivity index (χ3v) is 10.8. The second-order valence-corrected chi connectivity index (χ2v) is 13.6. The lowest BCUT2D eigenvalue weighted by Gasteiger charge is -2.15. The van der Waals surface area contributed by atoms with Gasteiger partial charge < -0.3 is 0 Å². The van der Waals surface area contributed by atoms with E-state index in [-0.39, 0.29) is 0 Å². The molecule has 10 rings (SSSR count). The van der Waals surface area contributed by atoms with E-state index in [0.717, 1.165) is 44.7 Å². The van der Waals surface area contributed by atoms with Gasteiger partial charge in [0.2, 0.25) is 0 Å². The van der Waals surface area contributed by atoms with E-state index in [4.69, 9.17) is 9.97 Å². The van der Waals surface area contributed by atoms with Gasteiger partial charge in [0.1, 0.15) is 0 Å². The Labute approximate surface area is 287 Å². The summed E-state index contributed by atoms with van der Waals surface area (Å²) in [5, 5.41) is 9.77. The van der Waals surface area contributed by atoms with E-state index in [2.05, 4.69) is 164 Å². The predicted molar refractivity (Wildman–Crippen MR) is 209 cm³/mol. The van der Waals surface area contributed by atoms with Crippen molar-refractivity contribution >= 4 is 63.8 Å². The van der Waals surface area contributed by atoms with Gasteiger partial charge in [-0.15, -0.1) is 11.3 Å². The second kappa shape index (κ2) is 11.2. The zero-order valence-corrected chi connectivity index (χ0v) is 27.3. The molecule has 0 spiro atoms. The van der Waals surface area contributed by atoms with Crippen molar-refractivity contribution in [2.75, 3.05) is 0 Å². The summed E-state index contributed by atoms with van der Waals surface area (Å²) in [5.74, 6) is 0.729. The lowest BCUT2D eigenvalue weighted by atomic mass is 9.92. The van der Waals surface area contributed by atoms with Crippen LogP contribution in [0, 0.1) is 0 Å². The summed E-state index contributed by atoms with van der Waals surface area (Å²) in [6.07, 6.45) is 0. The summed E-state index contributed by atoms with van der Waals surface area (Å²) in [5.41, 5.74) is 7.44. The quantitative estimate of drug-likeness (QED) is 0.141. The summed E-state index contributed by atoms with van der Waals surface area (Å²) in [7, 11) is 0. The molecule has 0 fully saturated rings. The normalized spacial score (nSPS) is 11.7. The monoisotopic (exact) mass is 640 g/mol. The standard InChI is InChI=1S/C46H28N2S/c1-2-12-31(13-3-1)40-28-41(32-23-21-30(22-24-32)35-18-10-20-43-44(35)38-17-8-9-19-42(38)49-43)48-46(47-40)45-36-16-7-5-14-33(36)27-39-34-15-6-4-11-29(34)25-26-37(39)45/h1-28H. The zero-order valence-electron chi connectivity index (χ0n) is 26.5. The van der Waals surface area contributed by atoms with Crippen molar-refractivity contribution in [1.82, 2.24) is 9.97 Å². The summed E-state index contributed by atoms with van der Waals surface area (Å²) in [4.78, 5) is 10.6. The van der Waals surface area contributed by atoms with Crippen molar-refractivity contribution in [3.05, 3.63) is 170 Å². The molecular formula is C46H28N2S. The maximum absolute atomic E-state index is 5.36. The van der Waals surface area contributed by atoms with Crippen LogP contribution in [0.1, 0.15) is 0 Å². The molecule has 0 saturated heterocycles. The van der Waals surface area contributed by atoms with Gasteiger partial charge >= 0.3 is 0 Å². The van der Waals surface area contributed by atoms with Crippen LogP contribution in [0.3, 0.4) is 0 Å². The van der Waals surface area contributed by atoms with Gasteiger partial charge in [-0.3, -0.25) is 0 Å². The van der Waals surface area contributed by atoms with E-state index in [1.807, 2.05) is 17.4 Å². The molecule has 0 radical (unpaired) electrons. The first-order chi connectivity index (χ1) is 24.3. The highest BCUT2D eigenvalue weighted by Gasteiger charge is 2.18. The molecule has 0 amide bonds. The summed E-state index contributed by atoms with van der Waals surface area (Å²) < 4.78 is 2.63. The van der Waals surface area contributed by atoms with E-state index in [0.29, 0.717) is 0 Å². The fourth-order valence-corrected chi connectivity index (χ4v) is 8.49. The molecule has 8 aromatic carbocycles. The second-order valence-electron chi connectivity index (χ2n) is 12.5. The minimum absolute atomic E-state index is 0.729. The van der Waals surface area contributed by atoms with Crippen LogP contribution in [0.25, 0.3) is 97.5 Å². The summed E-state index contributed by atoms with van der Waals surface area (Å²) >= 11 is 1.85. The molecule has 10 aromatic rings. The fraction of sp³-hybridized carbons (Fsp3) is 0. The van der Waals surface area contributed by atoms with Gasteiger partial charge in [-0.2, -0.15) is 0 Å². The van der Waals surface area contributed by atoms with Crippen LogP contribution in [0.15, 0.2) is 170 Å². The SMILES string of the molecule is c1ccc(-c2cc(-c3ccc(-c4cccc5sc6ccccc6c45)cc3)nc(-c3c4ccccc4cc4c3ccc3ccccc34)n2)cc1. The summed E-state index contributed by atoms with van der Waals surface area (Å²) in [6.45, 7) is 0. The number of nitrogens with zero attached hydrogens (tertiary/aromatic N) is 2. The third-order valence-electron chi connectivity index (χ3n) is 9.68. The Bertz CT molecular complexity index is 2870. The van der Waals surface area contributed by atoms with Gasteiger partial charge in [-0.25, -0.2) is 9.97 Å². The molecular weight excluding hydrogens is 613 g/mol. The Morgan fingerprint density at radius 2 is 1.00 bits per heavy atom. The molecule has 0 atom stereocenters. The number of hydrogen-bond donors (Lipinski definition) is 0. The minimum Gasteiger partial charge on any atom is -0.228 e. The average Bonchev–Trinajstić information content (AvgIpc) is 3.56. The Morgan fingerprint density at radius 3 is 1.82 bits per heavy atom. The lowest BCUT2D eigenvalue weighted by Crippen LogP contribution is -1.98. The van der Waals surface area contributed by atoms with Crippen molar-refractivity contribution in [2.24, 2.45) is 0 Å². The molecule has 3 heteroatoms. The molecule has 228 valence electrons. The first-order valence-corrected chi connectivity index (χ1v) is 17.4. The molecule has 2 aromatic heterocycles. The van der Waals surface area contributed by atoms with Crippen LogP contribution in [-0.2, 0) is 0 Å². The maximum Gasteiger partial charge on any atom is 0.161 e. The Morgan fingerprint density at radius 1 is 0.367 bits per heavy atom. The van der Waals surface area contributed by atoms with Gasteiger partial charge in [0.25, 0.3) is 0 Å². The highest BCUT2D eigenvalue weighted by atomic mass is 32.1. The maximum atomic E-state index is 5.36. The van der Waals surface area contributed by atoms with Crippen LogP contribution < -0.4 is 0 Å². The van der Waals surface area contributed by atoms with E-state index in [9.17, 15) is 0 Å². The first-order valence-electron chi connectivity index (χ1n) is 16.6. The molecule has 0 bridgehead atoms. The molecule has 49 heavy (non-hydrogen) atoms. The number of thiophene rings is 1. The predicted octanol–water partition coefficient (Wildman–Crippen LogP) is 13.0. The van der Waals surface area contributed by atoms with Gasteiger partial charge in [0, 0.05) is 36.9 Å². The van der Waals surface area contributed by atoms with Crippen molar-refractivity contribution in [1.29, 1.82) is 0 Å². The Hall–Kier alpha value is -6.16. The minimum atomic E-state index is 0.729. The topological polar surface area (TPSA) is 25.8 Å². The van der Waals surface area contributed by atoms with E-state index >= 15 is 0 Å². The van der Waals surface area contributed by atoms with Crippen molar-refractivity contribution in [2.45, 2.75) is 0 Å². The van der Waals surface area contributed by atoms with E-state index in [1.165, 1.54) is 52.8 Å². The Balaban J connectivity index is 1.19. The third kappa shape index (κ3) is 4.62. The zero-order chi connectivity index (χ0) is 32.3. The molecule has 2 heterocycles. The Kier molecular flexibility index (Phi) is 6.39. The van der Waals surface area contributed by atoms with Crippen LogP contribution in [-0.4, -0.2) is 9.97 Å². The first kappa shape index (κ1) is 27.9. The van der Waals surface area contributed by atoms with Crippen molar-refractivity contribution < 1.29 is 0 Å². The average molecular weight is 641 g/mol. The molecule has 0 N–H and O–H groups in total. The number of aromatic nitrogens is 2. The van der Waals surface area contributed by atoms with Crippen molar-refractivity contribution in [3.8, 4) is 45.0 Å². The number of benzene rings is 8. The van der Waals surface area contributed by atoms with Crippen LogP contribution in [0.5, 0.6) is 0 Å². The van der Waals surface area contributed by atoms with Gasteiger partial charge in [0.15, 0.2) is 5.82 Å². The van der Waals surface area contributed by atoms with E-state index < -0.39 is 0 Å². The lowest BCUT2D eigenvalue weighted by molar-refractivity contribution is 1.19. The highest BCUT2D eigenvalue weighted by molar-refractivity contribution is 7.25. The molecule has 0 aliphatic carbocycles. The van der Waals surface area contributed by atoms with Gasteiger partial charge in [-0.1, -0.05) is 146 Å². The molecule has 0 aliphatic rings. The number of fused-ring (bicyclic) bond motifs is 7. The number of hydrogen-bond acceptors (Lipinski definition) is 3. The molecule has 2 nitrogen and oxygen atoms in total. The van der Waals surface area contributed by atoms with Crippen LogP contribution in [0.2, 0.25) is 0 Å². The smallest absolute Gasteiger partial charge is 0.161 e.